The van der Waals surface area contributed by atoms with Gasteiger partial charge in [0.05, 0.1) is 6.61 Å². The van der Waals surface area contributed by atoms with Crippen LogP contribution in [0.2, 0.25) is 0 Å². The van der Waals surface area contributed by atoms with Crippen molar-refractivity contribution >= 4 is 0 Å². The van der Waals surface area contributed by atoms with E-state index < -0.39 is 0 Å². The number of nitrogens with zero attached hydrogens (tertiary/aromatic N) is 1. The monoisotopic (exact) mass is 226 g/mol. The third kappa shape index (κ3) is 2.96. The molecule has 1 N–H and O–H groups in total. The Hall–Kier alpha value is -0.120. The normalized spacial score (nSPS) is 38.8. The van der Waals surface area contributed by atoms with Crippen LogP contribution >= 0.6 is 0 Å². The zero-order valence-electron chi connectivity index (χ0n) is 10.9. The van der Waals surface area contributed by atoms with Gasteiger partial charge < -0.3 is 15.0 Å². The highest BCUT2D eigenvalue weighted by molar-refractivity contribution is 4.85. The van der Waals surface area contributed by atoms with Crippen molar-refractivity contribution in [2.24, 2.45) is 5.92 Å². The second-order valence-electron chi connectivity index (χ2n) is 5.63. The van der Waals surface area contributed by atoms with Crippen LogP contribution in [0.5, 0.6) is 0 Å². The Kier molecular flexibility index (Phi) is 4.22. The maximum atomic E-state index is 5.46. The van der Waals surface area contributed by atoms with Gasteiger partial charge in [-0.2, -0.15) is 0 Å². The van der Waals surface area contributed by atoms with E-state index in [0.29, 0.717) is 12.1 Å². The highest BCUT2D eigenvalue weighted by Crippen LogP contribution is 2.20. The Labute approximate surface area is 99.5 Å². The van der Waals surface area contributed by atoms with Crippen LogP contribution in [0.15, 0.2) is 0 Å². The van der Waals surface area contributed by atoms with E-state index in [-0.39, 0.29) is 0 Å². The van der Waals surface area contributed by atoms with Crippen molar-refractivity contribution < 1.29 is 4.74 Å². The van der Waals surface area contributed by atoms with E-state index in [1.807, 2.05) is 0 Å². The first kappa shape index (κ1) is 12.3. The van der Waals surface area contributed by atoms with Crippen LogP contribution in [0, 0.1) is 5.92 Å². The standard InChI is InChI=1S/C13H26N2O/c1-10-8-13(4-6-15(10)3)14-11(2)12-5-7-16-9-12/h10-14H,4-9H2,1-3H3. The third-order valence-electron chi connectivity index (χ3n) is 4.38. The number of rotatable bonds is 3. The number of hydrogen-bond acceptors (Lipinski definition) is 3. The Bertz CT molecular complexity index is 216. The maximum Gasteiger partial charge on any atom is 0.0509 e. The van der Waals surface area contributed by atoms with Crippen molar-refractivity contribution in [3.63, 3.8) is 0 Å². The van der Waals surface area contributed by atoms with Gasteiger partial charge in [-0.05, 0) is 52.6 Å². The zero-order chi connectivity index (χ0) is 11.5. The lowest BCUT2D eigenvalue weighted by Crippen LogP contribution is -2.49. The minimum atomic E-state index is 0.614. The second kappa shape index (κ2) is 5.48. The lowest BCUT2D eigenvalue weighted by atomic mass is 9.95. The molecule has 0 aromatic carbocycles. The third-order valence-corrected chi connectivity index (χ3v) is 4.38. The van der Waals surface area contributed by atoms with Crippen LogP contribution in [0.3, 0.4) is 0 Å². The van der Waals surface area contributed by atoms with Crippen molar-refractivity contribution in [1.29, 1.82) is 0 Å². The van der Waals surface area contributed by atoms with E-state index in [1.54, 1.807) is 0 Å². The number of ether oxygens (including phenoxy) is 1. The molecule has 2 fully saturated rings. The summed E-state index contributed by atoms with van der Waals surface area (Å²) in [6.45, 7) is 7.79. The van der Waals surface area contributed by atoms with E-state index in [0.717, 1.165) is 25.2 Å². The summed E-state index contributed by atoms with van der Waals surface area (Å²) in [7, 11) is 2.23. The Morgan fingerprint density at radius 1 is 1.38 bits per heavy atom. The smallest absolute Gasteiger partial charge is 0.0509 e. The summed E-state index contributed by atoms with van der Waals surface area (Å²) in [5, 5.41) is 3.81. The first-order valence-corrected chi connectivity index (χ1v) is 6.71. The molecule has 0 spiro atoms. The number of piperidine rings is 1. The molecule has 0 amide bonds. The van der Waals surface area contributed by atoms with Gasteiger partial charge >= 0.3 is 0 Å². The molecular formula is C13H26N2O. The van der Waals surface area contributed by atoms with Crippen molar-refractivity contribution in [3.8, 4) is 0 Å². The average molecular weight is 226 g/mol. The fourth-order valence-corrected chi connectivity index (χ4v) is 2.90. The molecule has 0 bridgehead atoms. The minimum Gasteiger partial charge on any atom is -0.381 e. The Morgan fingerprint density at radius 3 is 2.81 bits per heavy atom. The van der Waals surface area contributed by atoms with Gasteiger partial charge in [0.1, 0.15) is 0 Å². The van der Waals surface area contributed by atoms with Crippen molar-refractivity contribution in [2.75, 3.05) is 26.8 Å². The highest BCUT2D eigenvalue weighted by Gasteiger charge is 2.27. The van der Waals surface area contributed by atoms with Crippen LogP contribution in [-0.4, -0.2) is 49.8 Å². The molecule has 3 heteroatoms. The van der Waals surface area contributed by atoms with E-state index in [1.165, 1.54) is 25.8 Å². The molecule has 3 nitrogen and oxygen atoms in total. The fraction of sp³-hybridized carbons (Fsp3) is 1.00. The molecule has 4 unspecified atom stereocenters. The van der Waals surface area contributed by atoms with Gasteiger partial charge in [0.15, 0.2) is 0 Å². The summed E-state index contributed by atoms with van der Waals surface area (Å²) in [5.74, 6) is 0.731. The van der Waals surface area contributed by atoms with E-state index in [9.17, 15) is 0 Å². The number of nitrogens with one attached hydrogen (secondary N) is 1. The summed E-state index contributed by atoms with van der Waals surface area (Å²) >= 11 is 0. The largest absolute Gasteiger partial charge is 0.381 e. The summed E-state index contributed by atoms with van der Waals surface area (Å²) in [5.41, 5.74) is 0. The summed E-state index contributed by atoms with van der Waals surface area (Å²) in [6, 6.07) is 2.04. The first-order chi connectivity index (χ1) is 7.66. The van der Waals surface area contributed by atoms with Crippen molar-refractivity contribution in [1.82, 2.24) is 10.2 Å². The Morgan fingerprint density at radius 2 is 2.19 bits per heavy atom. The van der Waals surface area contributed by atoms with Gasteiger partial charge in [0.25, 0.3) is 0 Å². The summed E-state index contributed by atoms with van der Waals surface area (Å²) < 4.78 is 5.46. The molecule has 0 aromatic heterocycles. The highest BCUT2D eigenvalue weighted by atomic mass is 16.5. The van der Waals surface area contributed by atoms with Gasteiger partial charge in [0, 0.05) is 24.7 Å². The molecule has 0 aliphatic carbocycles. The number of hydrogen-bond donors (Lipinski definition) is 1. The molecule has 2 saturated heterocycles. The van der Waals surface area contributed by atoms with E-state index in [2.05, 4.69) is 31.1 Å². The van der Waals surface area contributed by atoms with Gasteiger partial charge in [-0.1, -0.05) is 0 Å². The number of likely N-dealkylation sites (tertiary alicyclic amines) is 1. The summed E-state index contributed by atoms with van der Waals surface area (Å²) in [6.07, 6.45) is 3.81. The Balaban J connectivity index is 1.76. The SMILES string of the molecule is CC(NC1CCN(C)C(C)C1)C1CCOC1. The molecule has 0 aromatic rings. The van der Waals surface area contributed by atoms with Crippen LogP contribution < -0.4 is 5.32 Å². The predicted molar refractivity (Wildman–Crippen MR) is 66.6 cm³/mol. The molecule has 94 valence electrons. The molecule has 2 aliphatic heterocycles. The zero-order valence-corrected chi connectivity index (χ0v) is 10.9. The second-order valence-corrected chi connectivity index (χ2v) is 5.63. The molecule has 2 aliphatic rings. The van der Waals surface area contributed by atoms with Crippen LogP contribution in [0.1, 0.15) is 33.1 Å². The quantitative estimate of drug-likeness (QED) is 0.789. The molecule has 0 radical (unpaired) electrons. The van der Waals surface area contributed by atoms with Gasteiger partial charge in [-0.3, -0.25) is 0 Å². The summed E-state index contributed by atoms with van der Waals surface area (Å²) in [4.78, 5) is 2.46. The topological polar surface area (TPSA) is 24.5 Å². The fourth-order valence-electron chi connectivity index (χ4n) is 2.90. The van der Waals surface area contributed by atoms with Crippen LogP contribution in [0.25, 0.3) is 0 Å². The molecule has 0 saturated carbocycles. The van der Waals surface area contributed by atoms with Crippen molar-refractivity contribution in [2.45, 2.75) is 51.2 Å². The lowest BCUT2D eigenvalue weighted by molar-refractivity contribution is 0.148. The predicted octanol–water partition coefficient (Wildman–Crippen LogP) is 1.48. The molecule has 2 rings (SSSR count). The molecular weight excluding hydrogens is 200 g/mol. The van der Waals surface area contributed by atoms with Crippen LogP contribution in [0.4, 0.5) is 0 Å². The molecule has 16 heavy (non-hydrogen) atoms. The van der Waals surface area contributed by atoms with Crippen molar-refractivity contribution in [3.05, 3.63) is 0 Å². The van der Waals surface area contributed by atoms with E-state index >= 15 is 0 Å². The average Bonchev–Trinajstić information content (AvgIpc) is 2.77. The van der Waals surface area contributed by atoms with Crippen LogP contribution in [-0.2, 0) is 4.74 Å². The molecule has 2 heterocycles. The lowest BCUT2D eigenvalue weighted by Gasteiger charge is -2.37. The first-order valence-electron chi connectivity index (χ1n) is 6.71. The van der Waals surface area contributed by atoms with Gasteiger partial charge in [-0.15, -0.1) is 0 Å². The van der Waals surface area contributed by atoms with Gasteiger partial charge in [0.2, 0.25) is 0 Å². The maximum absolute atomic E-state index is 5.46. The van der Waals surface area contributed by atoms with E-state index in [4.69, 9.17) is 4.74 Å². The minimum absolute atomic E-state index is 0.614. The van der Waals surface area contributed by atoms with Gasteiger partial charge in [-0.25, -0.2) is 0 Å². The molecule has 4 atom stereocenters.